The largest absolute Gasteiger partial charge is 0.479 e. The lowest BCUT2D eigenvalue weighted by Gasteiger charge is -2.40. The normalized spacial score (nSPS) is 27.0. The quantitative estimate of drug-likeness (QED) is 0.0394. The predicted octanol–water partition coefficient (Wildman–Crippen LogP) is 8.54. The fourth-order valence-electron chi connectivity index (χ4n) is 11.7. The lowest BCUT2D eigenvalue weighted by atomic mass is 9.87. The molecule has 4 heterocycles. The zero-order valence-electron chi connectivity index (χ0n) is 75.0. The summed E-state index contributed by atoms with van der Waals surface area (Å²) in [6.07, 6.45) is -24.5. The smallest absolute Gasteiger partial charge is 0.335 e. The number of carbonyl (C=O) groups is 2. The van der Waals surface area contributed by atoms with Gasteiger partial charge in [0.15, 0.2) is 11.9 Å². The van der Waals surface area contributed by atoms with Crippen LogP contribution in [0.3, 0.4) is 0 Å². The molecule has 20 atom stereocenters. The van der Waals surface area contributed by atoms with Crippen LogP contribution in [-0.4, -0.2) is 233 Å². The highest BCUT2D eigenvalue weighted by Gasteiger charge is 2.50. The first-order valence-electron chi connectivity index (χ1n) is 41.0. The monoisotopic (exact) mass is 1680 g/mol. The Morgan fingerprint density at radius 3 is 0.754 bits per heavy atom. The highest BCUT2D eigenvalue weighted by molar-refractivity contribution is 5.81. The number of hydrogen-bond donors (Lipinski definition) is 18. The van der Waals surface area contributed by atoms with E-state index < -0.39 is 141 Å². The summed E-state index contributed by atoms with van der Waals surface area (Å²) in [5, 5.41) is 176. The first-order valence-corrected chi connectivity index (χ1v) is 41.0. The minimum Gasteiger partial charge on any atom is -0.479 e. The Labute approximate surface area is 701 Å². The van der Waals surface area contributed by atoms with Gasteiger partial charge in [0.25, 0.3) is 0 Å². The van der Waals surface area contributed by atoms with Gasteiger partial charge in [0.05, 0.1) is 39.1 Å². The molecule has 18 N–H and O–H groups in total. The standard InChI is InChI=1S/C19H28O7.C19H30O6.C18H26O8.C18H28O7.4C4H10/c1-10(21)17-15(23)14(22)16(24)18(26-17)25-13-6-5-11(9-20)7-12(13)8-19(2,3)4;1-5-13-15(21)16(22)17(23)18(24-13)25-14-7-6-11(10-20)8-12(14)9-19(2,3)4;1-18(2,3)7-10-6-9(8-19)4-5-11(10)25-17-14(22)12(20)13(21)15(26-17)16(23)24;1-18(2,3)7-11-6-10(8-19)4-5-12(11)24-17-16(23)15(22)14(21)13(9-20)25-17;4*1-4(2)3/h5-7,14-18,20,22-24H,8-9H2,1-4H3;6-8,13,15-18,20-23H,5,9-10H2,1-4H3;4-6,12-15,17,19-22H,7-8H2,1-3H3,(H,23,24);4-6,13-17,19-23H,7-9H2,1-3H3;4*4H,1-3H3. The number of ether oxygens (including phenoxy) is 8. The van der Waals surface area contributed by atoms with E-state index in [0.717, 1.165) is 62.6 Å². The second-order valence-electron chi connectivity index (χ2n) is 38.1. The van der Waals surface area contributed by atoms with Gasteiger partial charge in [-0.2, -0.15) is 0 Å². The van der Waals surface area contributed by atoms with Crippen LogP contribution in [0.15, 0.2) is 72.8 Å². The van der Waals surface area contributed by atoms with Crippen LogP contribution in [-0.2, 0) is 80.6 Å². The Kier molecular flexibility index (Phi) is 48.1. The molecule has 680 valence electrons. The summed E-state index contributed by atoms with van der Waals surface area (Å²) in [7, 11) is 0. The van der Waals surface area contributed by atoms with Crippen LogP contribution in [0.2, 0.25) is 0 Å². The number of carboxylic acid groups (broad SMARTS) is 1. The second-order valence-corrected chi connectivity index (χ2v) is 38.1. The molecule has 0 aliphatic carbocycles. The third-order valence-corrected chi connectivity index (χ3v) is 16.8. The molecule has 0 aromatic heterocycles. The van der Waals surface area contributed by atoms with E-state index in [1.807, 2.05) is 45.9 Å². The predicted molar refractivity (Wildman–Crippen MR) is 449 cm³/mol. The van der Waals surface area contributed by atoms with Crippen molar-refractivity contribution in [2.45, 2.75) is 361 Å². The molecule has 4 aliphatic heterocycles. The molecule has 4 aromatic rings. The van der Waals surface area contributed by atoms with E-state index in [-0.39, 0.29) is 48.1 Å². The van der Waals surface area contributed by atoms with Gasteiger partial charge < -0.3 is 130 Å². The number of aliphatic hydroxyl groups excluding tert-OH is 17. The summed E-state index contributed by atoms with van der Waals surface area (Å²) in [6.45, 7) is 52.9. The third-order valence-electron chi connectivity index (χ3n) is 16.8. The van der Waals surface area contributed by atoms with Gasteiger partial charge in [-0.05, 0) is 177 Å². The van der Waals surface area contributed by atoms with Crippen LogP contribution in [0, 0.1) is 45.3 Å². The highest BCUT2D eigenvalue weighted by Crippen LogP contribution is 2.38. The van der Waals surface area contributed by atoms with E-state index in [2.05, 4.69) is 145 Å². The molecule has 28 nitrogen and oxygen atoms in total. The molecule has 0 radical (unpaired) electrons. The van der Waals surface area contributed by atoms with Gasteiger partial charge in [0, 0.05) is 0 Å². The molecule has 28 heteroatoms. The summed E-state index contributed by atoms with van der Waals surface area (Å²) in [6, 6.07) is 20.7. The third kappa shape index (κ3) is 39.7. The van der Waals surface area contributed by atoms with E-state index in [4.69, 9.17) is 43.0 Å². The molecule has 4 aliphatic rings. The Morgan fingerprint density at radius 2 is 0.542 bits per heavy atom. The fraction of sp³-hybridized carbons (Fsp3) is 0.711. The topological polar surface area (TPSA) is 472 Å². The summed E-state index contributed by atoms with van der Waals surface area (Å²) in [5.74, 6) is 3.15. The maximum absolute atomic E-state index is 11.6. The lowest BCUT2D eigenvalue weighted by Crippen LogP contribution is -2.61. The van der Waals surface area contributed by atoms with Crippen molar-refractivity contribution in [3.8, 4) is 23.0 Å². The van der Waals surface area contributed by atoms with Gasteiger partial charge in [-0.25, -0.2) is 4.79 Å². The van der Waals surface area contributed by atoms with Crippen molar-refractivity contribution in [3.05, 3.63) is 117 Å². The molecular formula is C90H152O28. The summed E-state index contributed by atoms with van der Waals surface area (Å²) < 4.78 is 44.7. The Bertz CT molecular complexity index is 3230. The van der Waals surface area contributed by atoms with Crippen LogP contribution >= 0.6 is 0 Å². The van der Waals surface area contributed by atoms with Gasteiger partial charge in [-0.1, -0.05) is 197 Å². The Morgan fingerprint density at radius 1 is 0.331 bits per heavy atom. The number of aliphatic carboxylic acids is 1. The first-order chi connectivity index (χ1) is 54.3. The van der Waals surface area contributed by atoms with Crippen molar-refractivity contribution in [3.63, 3.8) is 0 Å². The van der Waals surface area contributed by atoms with Crippen LogP contribution in [0.4, 0.5) is 0 Å². The molecule has 4 saturated heterocycles. The van der Waals surface area contributed by atoms with Crippen LogP contribution in [0.25, 0.3) is 0 Å². The number of rotatable bonds is 20. The zero-order valence-corrected chi connectivity index (χ0v) is 75.0. The highest BCUT2D eigenvalue weighted by atomic mass is 16.7. The maximum Gasteiger partial charge on any atom is 0.335 e. The maximum atomic E-state index is 11.6. The van der Waals surface area contributed by atoms with Crippen molar-refractivity contribution < 1.29 is 139 Å². The van der Waals surface area contributed by atoms with Gasteiger partial charge in [-0.3, -0.25) is 4.79 Å². The minimum absolute atomic E-state index is 0.000110. The molecule has 118 heavy (non-hydrogen) atoms. The molecule has 8 rings (SSSR count). The fourth-order valence-corrected chi connectivity index (χ4v) is 11.7. The van der Waals surface area contributed by atoms with E-state index in [1.54, 1.807) is 54.6 Å². The van der Waals surface area contributed by atoms with Gasteiger partial charge in [-0.15, -0.1) is 0 Å². The molecule has 4 fully saturated rings. The molecule has 0 amide bonds. The van der Waals surface area contributed by atoms with Gasteiger partial charge in [0.2, 0.25) is 25.2 Å². The molecule has 0 spiro atoms. The molecule has 0 bridgehead atoms. The number of carboxylic acids is 1. The van der Waals surface area contributed by atoms with Crippen molar-refractivity contribution in [2.75, 3.05) is 6.61 Å². The lowest BCUT2D eigenvalue weighted by molar-refractivity contribution is -0.277. The number of ketones is 1. The van der Waals surface area contributed by atoms with E-state index in [0.29, 0.717) is 60.7 Å². The number of hydrogen-bond acceptors (Lipinski definition) is 27. The van der Waals surface area contributed by atoms with Crippen LogP contribution < -0.4 is 18.9 Å². The van der Waals surface area contributed by atoms with E-state index >= 15 is 0 Å². The number of Topliss-reactive ketones (excluding diaryl/α,β-unsaturated/α-hetero) is 1. The zero-order chi connectivity index (χ0) is 91.2. The molecule has 20 unspecified atom stereocenters. The summed E-state index contributed by atoms with van der Waals surface area (Å²) >= 11 is 0. The molecule has 4 aromatic carbocycles. The van der Waals surface area contributed by atoms with Gasteiger partial charge >= 0.3 is 5.97 Å². The van der Waals surface area contributed by atoms with Crippen LogP contribution in [0.5, 0.6) is 23.0 Å². The Balaban J connectivity index is 0.000000738. The van der Waals surface area contributed by atoms with Crippen molar-refractivity contribution in [2.24, 2.45) is 45.3 Å². The Hall–Kier alpha value is -5.62. The average Bonchev–Trinajstić information content (AvgIpc) is 0.808. The first kappa shape index (κ1) is 110. The average molecular weight is 1680 g/mol. The SMILES string of the molecule is CC(=O)C1OC(Oc2ccc(CO)cc2CC(C)(C)C)C(O)C(O)C1O.CC(C)(C)Cc1cc(CO)ccc1OC1OC(C(=O)O)C(O)C(O)C1O.CC(C)(C)Cc1cc(CO)ccc1OC1OC(CO)C(O)C(O)C1O.CC(C)C.CC(C)C.CC(C)C.CC(C)C.CCC1OC(Oc2ccc(CO)cc2CC(C)(C)C)C(O)C(O)C1O. The summed E-state index contributed by atoms with van der Waals surface area (Å²) in [4.78, 5) is 22.8. The molecular weight excluding hydrogens is 1530 g/mol. The minimum atomic E-state index is -1.77. The van der Waals surface area contributed by atoms with E-state index in [1.165, 1.54) is 6.92 Å². The van der Waals surface area contributed by atoms with Crippen molar-refractivity contribution in [1.82, 2.24) is 0 Å². The van der Waals surface area contributed by atoms with Crippen molar-refractivity contribution in [1.29, 1.82) is 0 Å². The number of aliphatic hydroxyl groups is 17. The van der Waals surface area contributed by atoms with E-state index in [9.17, 15) is 96.4 Å². The van der Waals surface area contributed by atoms with Gasteiger partial charge in [0.1, 0.15) is 108 Å². The van der Waals surface area contributed by atoms with Crippen LogP contribution in [0.1, 0.15) is 231 Å². The number of benzene rings is 4. The summed E-state index contributed by atoms with van der Waals surface area (Å²) in [5.41, 5.74) is 5.99. The number of carbonyl (C=O) groups excluding carboxylic acids is 1. The second kappa shape index (κ2) is 51.5. The molecule has 0 saturated carbocycles. The van der Waals surface area contributed by atoms with Crippen molar-refractivity contribution >= 4 is 11.8 Å².